The van der Waals surface area contributed by atoms with E-state index in [1.807, 2.05) is 133 Å². The van der Waals surface area contributed by atoms with Crippen molar-refractivity contribution in [3.8, 4) is 34.4 Å². The topological polar surface area (TPSA) is 182 Å². The number of rotatable bonds is 8. The number of aromatic nitrogens is 4. The van der Waals surface area contributed by atoms with Crippen LogP contribution in [-0.2, 0) is 4.79 Å². The number of benzene rings is 6. The van der Waals surface area contributed by atoms with Gasteiger partial charge in [-0.1, -0.05) is 132 Å². The van der Waals surface area contributed by atoms with Gasteiger partial charge in [-0.3, -0.25) is 9.36 Å². The van der Waals surface area contributed by atoms with Crippen LogP contribution in [0.5, 0.6) is 0 Å². The fraction of sp³-hybridized carbons (Fsp3) is 0.0769. The normalized spacial score (nSPS) is 14.5. The summed E-state index contributed by atoms with van der Waals surface area (Å²) in [6.45, 7) is 0.933. The van der Waals surface area contributed by atoms with Gasteiger partial charge in [0.1, 0.15) is 24.2 Å². The molecule has 0 spiro atoms. The molecule has 2 aromatic heterocycles. The number of hydrazone groups is 2. The fourth-order valence-electron chi connectivity index (χ4n) is 7.29. The third-order valence-electron chi connectivity index (χ3n) is 10.7. The smallest absolute Gasteiger partial charge is 0.307 e. The molecule has 332 valence electrons. The SMILES string of the molecule is N#Cc1cnn(C2CN(C(=O)Nc3ccc(-c4ccccc4)cc3)N=C2c2ccc(Cl)cc2)c1.N#Cc1cnn(C2CNN=C2c2ccc(Cl)cc2)c1.O=C=Nc1ccc(-c2ccccc2)cc1. The van der Waals surface area contributed by atoms with Crippen molar-refractivity contribution in [1.29, 1.82) is 10.5 Å². The molecule has 14 nitrogen and oxygen atoms in total. The van der Waals surface area contributed by atoms with Crippen LogP contribution in [0.25, 0.3) is 22.3 Å². The van der Waals surface area contributed by atoms with E-state index in [1.165, 1.54) is 17.3 Å². The van der Waals surface area contributed by atoms with Crippen LogP contribution in [0.3, 0.4) is 0 Å². The Morgan fingerprint density at radius 1 is 0.618 bits per heavy atom. The summed E-state index contributed by atoms with van der Waals surface area (Å²) in [6, 6.07) is 53.4. The Morgan fingerprint density at radius 2 is 1.09 bits per heavy atom. The van der Waals surface area contributed by atoms with E-state index in [9.17, 15) is 14.9 Å². The lowest BCUT2D eigenvalue weighted by Crippen LogP contribution is -2.31. The second-order valence-corrected chi connectivity index (χ2v) is 16.0. The summed E-state index contributed by atoms with van der Waals surface area (Å²) < 4.78 is 3.42. The maximum absolute atomic E-state index is 13.0. The summed E-state index contributed by atoms with van der Waals surface area (Å²) >= 11 is 11.9. The number of amides is 2. The van der Waals surface area contributed by atoms with Gasteiger partial charge in [0.05, 0.1) is 53.7 Å². The number of hydrogen-bond donors (Lipinski definition) is 2. The molecule has 2 N–H and O–H groups in total. The fourth-order valence-corrected chi connectivity index (χ4v) is 7.54. The van der Waals surface area contributed by atoms with Crippen molar-refractivity contribution in [1.82, 2.24) is 30.0 Å². The molecule has 0 saturated heterocycles. The second-order valence-electron chi connectivity index (χ2n) is 15.1. The monoisotopic (exact) mass is 932 g/mol. The molecule has 10 rings (SSSR count). The van der Waals surface area contributed by atoms with Crippen LogP contribution in [0, 0.1) is 22.7 Å². The van der Waals surface area contributed by atoms with E-state index in [0.717, 1.165) is 39.1 Å². The molecule has 68 heavy (non-hydrogen) atoms. The first kappa shape index (κ1) is 45.7. The summed E-state index contributed by atoms with van der Waals surface area (Å²) in [5, 5.41) is 41.0. The van der Waals surface area contributed by atoms with E-state index in [4.69, 9.17) is 28.5 Å². The summed E-state index contributed by atoms with van der Waals surface area (Å²) in [7, 11) is 0. The lowest BCUT2D eigenvalue weighted by molar-refractivity contribution is 0.215. The van der Waals surface area contributed by atoms with Gasteiger partial charge in [-0.15, -0.1) is 0 Å². The van der Waals surface area contributed by atoms with Crippen LogP contribution < -0.4 is 10.7 Å². The maximum atomic E-state index is 13.0. The van der Waals surface area contributed by atoms with E-state index in [2.05, 4.69) is 48.3 Å². The highest BCUT2D eigenvalue weighted by Crippen LogP contribution is 2.28. The third-order valence-corrected chi connectivity index (χ3v) is 11.2. The highest BCUT2D eigenvalue weighted by Gasteiger charge is 2.33. The number of hydrogen-bond acceptors (Lipinski definition) is 10. The Hall–Kier alpha value is -8.91. The Labute approximate surface area is 401 Å². The number of isocyanates is 1. The molecule has 0 aliphatic carbocycles. The van der Waals surface area contributed by atoms with Crippen molar-refractivity contribution in [2.75, 3.05) is 18.4 Å². The van der Waals surface area contributed by atoms with Crippen LogP contribution in [-0.4, -0.2) is 61.2 Å². The number of urea groups is 1. The third kappa shape index (κ3) is 11.3. The molecule has 2 aliphatic rings. The quantitative estimate of drug-likeness (QED) is 0.112. The summed E-state index contributed by atoms with van der Waals surface area (Å²) in [4.78, 5) is 26.6. The first-order chi connectivity index (χ1) is 33.3. The number of carbonyl (C=O) groups excluding carboxylic acids is 2. The zero-order valence-electron chi connectivity index (χ0n) is 35.9. The summed E-state index contributed by atoms with van der Waals surface area (Å²) in [5.74, 6) is 0. The summed E-state index contributed by atoms with van der Waals surface area (Å²) in [6.07, 6.45) is 7.95. The molecule has 16 heteroatoms. The van der Waals surface area contributed by atoms with Crippen molar-refractivity contribution in [2.24, 2.45) is 15.2 Å². The average molecular weight is 934 g/mol. The molecule has 4 heterocycles. The molecule has 2 amide bonds. The van der Waals surface area contributed by atoms with Gasteiger partial charge in [0.15, 0.2) is 0 Å². The van der Waals surface area contributed by atoms with Crippen molar-refractivity contribution in [3.63, 3.8) is 0 Å². The number of nitrogens with one attached hydrogen (secondary N) is 2. The van der Waals surface area contributed by atoms with Gasteiger partial charge < -0.3 is 10.7 Å². The minimum Gasteiger partial charge on any atom is -0.307 e. The van der Waals surface area contributed by atoms with Crippen molar-refractivity contribution >= 4 is 58.1 Å². The number of nitriles is 2. The molecule has 0 bridgehead atoms. The van der Waals surface area contributed by atoms with Crippen molar-refractivity contribution in [2.45, 2.75) is 12.1 Å². The van der Waals surface area contributed by atoms with Gasteiger partial charge >= 0.3 is 6.03 Å². The molecule has 2 atom stereocenters. The van der Waals surface area contributed by atoms with Gasteiger partial charge in [0, 0.05) is 39.3 Å². The molecule has 0 fully saturated rings. The van der Waals surface area contributed by atoms with Gasteiger partial charge in [-0.2, -0.15) is 35.9 Å². The largest absolute Gasteiger partial charge is 0.342 e. The zero-order chi connectivity index (χ0) is 47.2. The molecule has 0 saturated carbocycles. The molecular weight excluding hydrogens is 896 g/mol. The van der Waals surface area contributed by atoms with E-state index in [0.29, 0.717) is 44.8 Å². The number of aliphatic imine (C=N–C) groups is 1. The molecule has 0 radical (unpaired) electrons. The lowest BCUT2D eigenvalue weighted by atomic mass is 10.0. The standard InChI is InChI=1S/C26H19ClN6O.C13H10ClN5.C13H9NO/c27-22-10-6-21(7-11-22)25-24(32-16-18(14-28)15-29-32)17-33(31-25)26(34)30-23-12-8-20(9-13-23)19-4-2-1-3-5-19;14-11-3-1-10(2-4-11)13-12(7-16-18-13)19-8-9(5-15)6-17-19;15-10-14-13-8-6-12(7-9-13)11-4-2-1-3-5-11/h1-13,15-16,24H,17H2,(H,30,34);1-4,6,8,12,16H,7H2;1-9H. The lowest BCUT2D eigenvalue weighted by Gasteiger charge is -2.16. The van der Waals surface area contributed by atoms with Crippen molar-refractivity contribution < 1.29 is 9.59 Å². The number of carbonyl (C=O) groups is 1. The van der Waals surface area contributed by atoms with E-state index < -0.39 is 0 Å². The number of halogens is 2. The minimum atomic E-state index is -0.353. The maximum Gasteiger partial charge on any atom is 0.342 e. The predicted octanol–water partition coefficient (Wildman–Crippen LogP) is 10.8. The van der Waals surface area contributed by atoms with Gasteiger partial charge in [-0.05, 0) is 70.8 Å². The number of anilines is 1. The highest BCUT2D eigenvalue weighted by molar-refractivity contribution is 6.31. The Balaban J connectivity index is 0.000000154. The molecule has 2 aliphatic heterocycles. The first-order valence-corrected chi connectivity index (χ1v) is 21.8. The van der Waals surface area contributed by atoms with Gasteiger partial charge in [0.2, 0.25) is 6.08 Å². The van der Waals surface area contributed by atoms with E-state index >= 15 is 0 Å². The van der Waals surface area contributed by atoms with E-state index in [-0.39, 0.29) is 24.7 Å². The first-order valence-electron chi connectivity index (χ1n) is 21.0. The Kier molecular flexibility index (Phi) is 14.7. The van der Waals surface area contributed by atoms with Crippen LogP contribution >= 0.6 is 23.2 Å². The van der Waals surface area contributed by atoms with Crippen LogP contribution in [0.4, 0.5) is 16.2 Å². The Bertz CT molecular complexity index is 3190. The minimum absolute atomic E-state index is 0.0109. The molecule has 6 aromatic carbocycles. The molecule has 2 unspecified atom stereocenters. The second kappa shape index (κ2) is 21.8. The predicted molar refractivity (Wildman–Crippen MR) is 263 cm³/mol. The van der Waals surface area contributed by atoms with E-state index in [1.54, 1.807) is 52.2 Å². The van der Waals surface area contributed by atoms with Crippen LogP contribution in [0.15, 0.2) is 198 Å². The van der Waals surface area contributed by atoms with Crippen LogP contribution in [0.2, 0.25) is 10.0 Å². The zero-order valence-corrected chi connectivity index (χ0v) is 37.4. The highest BCUT2D eigenvalue weighted by atomic mass is 35.5. The average Bonchev–Trinajstić information content (AvgIpc) is 4.24. The summed E-state index contributed by atoms with van der Waals surface area (Å²) in [5.41, 5.74) is 13.1. The Morgan fingerprint density at radius 3 is 1.59 bits per heavy atom. The van der Waals surface area contributed by atoms with Crippen LogP contribution in [0.1, 0.15) is 34.3 Å². The number of nitrogens with zero attached hydrogens (tertiary/aromatic N) is 10. The molecule has 8 aromatic rings. The van der Waals surface area contributed by atoms with Gasteiger partial charge in [-0.25, -0.2) is 14.6 Å². The van der Waals surface area contributed by atoms with Gasteiger partial charge in [0.25, 0.3) is 0 Å². The molecular formula is C52H38Cl2N12O2. The van der Waals surface area contributed by atoms with Crippen molar-refractivity contribution in [3.05, 3.63) is 215 Å².